The Balaban J connectivity index is 2.36. The van der Waals surface area contributed by atoms with Crippen molar-refractivity contribution in [3.05, 3.63) is 29.8 Å². The lowest BCUT2D eigenvalue weighted by molar-refractivity contribution is 0.331. The number of methoxy groups -OCH3 is 1. The largest absolute Gasteiger partial charge is 0.497 e. The minimum atomic E-state index is -3.09. The lowest BCUT2D eigenvalue weighted by Crippen LogP contribution is -2.33. The number of hydrogen-bond donors (Lipinski definition) is 1. The summed E-state index contributed by atoms with van der Waals surface area (Å²) < 4.78 is 30.2. The fourth-order valence-corrected chi connectivity index (χ4v) is 2.22. The highest BCUT2D eigenvalue weighted by atomic mass is 32.2. The highest BCUT2D eigenvalue weighted by Crippen LogP contribution is 2.12. The van der Waals surface area contributed by atoms with Crippen molar-refractivity contribution in [3.8, 4) is 5.75 Å². The van der Waals surface area contributed by atoms with Crippen molar-refractivity contribution in [1.82, 2.24) is 9.62 Å². The molecule has 5 nitrogen and oxygen atoms in total. The fraction of sp³-hybridized carbons (Fsp3) is 0.538. The van der Waals surface area contributed by atoms with Crippen LogP contribution in [0.25, 0.3) is 0 Å². The van der Waals surface area contributed by atoms with Crippen LogP contribution in [0.5, 0.6) is 5.75 Å². The van der Waals surface area contributed by atoms with Gasteiger partial charge in [-0.15, -0.1) is 0 Å². The summed E-state index contributed by atoms with van der Waals surface area (Å²) in [6.07, 6.45) is 0. The summed E-state index contributed by atoms with van der Waals surface area (Å²) in [6, 6.07) is 7.85. The van der Waals surface area contributed by atoms with Gasteiger partial charge in [0, 0.05) is 19.6 Å². The van der Waals surface area contributed by atoms with Gasteiger partial charge in [0.25, 0.3) is 0 Å². The lowest BCUT2D eigenvalue weighted by atomic mass is 10.2. The van der Waals surface area contributed by atoms with Crippen molar-refractivity contribution in [2.45, 2.75) is 13.5 Å². The fourth-order valence-electron chi connectivity index (χ4n) is 1.62. The molecule has 0 spiro atoms. The monoisotopic (exact) mass is 286 g/mol. The first-order valence-corrected chi connectivity index (χ1v) is 7.91. The van der Waals surface area contributed by atoms with E-state index >= 15 is 0 Å². The Bertz CT molecular complexity index is 471. The Morgan fingerprint density at radius 2 is 1.89 bits per heavy atom. The highest BCUT2D eigenvalue weighted by molar-refractivity contribution is 7.89. The first kappa shape index (κ1) is 15.9. The predicted molar refractivity (Wildman–Crippen MR) is 76.8 cm³/mol. The number of likely N-dealkylation sites (N-methyl/N-ethyl adjacent to an activating group) is 1. The van der Waals surface area contributed by atoms with Crippen molar-refractivity contribution in [3.63, 3.8) is 0 Å². The molecule has 0 atom stereocenters. The maximum absolute atomic E-state index is 11.3. The summed E-state index contributed by atoms with van der Waals surface area (Å²) in [5.41, 5.74) is 1.17. The average molecular weight is 286 g/mol. The molecule has 0 radical (unpaired) electrons. The van der Waals surface area contributed by atoms with Gasteiger partial charge in [-0.1, -0.05) is 12.1 Å². The summed E-state index contributed by atoms with van der Waals surface area (Å²) in [5, 5.41) is 0. The summed E-state index contributed by atoms with van der Waals surface area (Å²) in [5.74, 6) is 0.956. The first-order valence-electron chi connectivity index (χ1n) is 6.25. The van der Waals surface area contributed by atoms with Gasteiger partial charge < -0.3 is 9.64 Å². The molecule has 6 heteroatoms. The van der Waals surface area contributed by atoms with E-state index < -0.39 is 10.0 Å². The molecule has 1 N–H and O–H groups in total. The molecular formula is C13H22N2O3S. The van der Waals surface area contributed by atoms with E-state index in [2.05, 4.69) is 9.62 Å². The summed E-state index contributed by atoms with van der Waals surface area (Å²) in [6.45, 7) is 3.51. The van der Waals surface area contributed by atoms with Crippen LogP contribution in [-0.4, -0.2) is 46.3 Å². The van der Waals surface area contributed by atoms with Gasteiger partial charge in [0.1, 0.15) is 5.75 Å². The zero-order valence-electron chi connectivity index (χ0n) is 11.7. The quantitative estimate of drug-likeness (QED) is 0.776. The van der Waals surface area contributed by atoms with Crippen molar-refractivity contribution in [2.75, 3.05) is 33.0 Å². The Morgan fingerprint density at radius 3 is 2.42 bits per heavy atom. The van der Waals surface area contributed by atoms with Crippen LogP contribution in [0.4, 0.5) is 0 Å². The molecule has 0 saturated heterocycles. The van der Waals surface area contributed by atoms with Crippen LogP contribution in [0.3, 0.4) is 0 Å². The smallest absolute Gasteiger partial charge is 0.211 e. The van der Waals surface area contributed by atoms with E-state index in [1.54, 1.807) is 14.0 Å². The van der Waals surface area contributed by atoms with Gasteiger partial charge in [-0.3, -0.25) is 0 Å². The zero-order valence-corrected chi connectivity index (χ0v) is 12.5. The van der Waals surface area contributed by atoms with E-state index in [4.69, 9.17) is 4.74 Å². The number of benzene rings is 1. The number of ether oxygens (including phenoxy) is 1. The first-order chi connectivity index (χ1) is 8.96. The van der Waals surface area contributed by atoms with Crippen LogP contribution < -0.4 is 9.46 Å². The van der Waals surface area contributed by atoms with Gasteiger partial charge in [-0.25, -0.2) is 13.1 Å². The maximum Gasteiger partial charge on any atom is 0.211 e. The molecule has 1 aromatic rings. The second kappa shape index (κ2) is 7.47. The van der Waals surface area contributed by atoms with Crippen molar-refractivity contribution in [1.29, 1.82) is 0 Å². The standard InChI is InChI=1S/C13H22N2O3S/c1-4-19(16,17)14-9-10-15(2)11-12-5-7-13(18-3)8-6-12/h5-8,14H,4,9-11H2,1-3H3. The number of nitrogens with zero attached hydrogens (tertiary/aromatic N) is 1. The molecule has 0 heterocycles. The van der Waals surface area contributed by atoms with E-state index in [-0.39, 0.29) is 5.75 Å². The molecule has 0 aromatic heterocycles. The third-order valence-corrected chi connectivity index (χ3v) is 4.21. The maximum atomic E-state index is 11.3. The van der Waals surface area contributed by atoms with E-state index in [9.17, 15) is 8.42 Å². The third-order valence-electron chi connectivity index (χ3n) is 2.81. The van der Waals surface area contributed by atoms with Crippen molar-refractivity contribution >= 4 is 10.0 Å². The van der Waals surface area contributed by atoms with Crippen LogP contribution in [0.2, 0.25) is 0 Å². The van der Waals surface area contributed by atoms with Gasteiger partial charge >= 0.3 is 0 Å². The normalized spacial score (nSPS) is 11.8. The Labute approximate surface area is 115 Å². The summed E-state index contributed by atoms with van der Waals surface area (Å²) in [7, 11) is 0.512. The van der Waals surface area contributed by atoms with Crippen LogP contribution in [0.1, 0.15) is 12.5 Å². The second-order valence-corrected chi connectivity index (χ2v) is 6.48. The number of sulfonamides is 1. The van der Waals surface area contributed by atoms with Crippen molar-refractivity contribution in [2.24, 2.45) is 0 Å². The molecule has 0 aliphatic rings. The Hall–Kier alpha value is -1.11. The molecule has 1 aromatic carbocycles. The SMILES string of the molecule is CCS(=O)(=O)NCCN(C)Cc1ccc(OC)cc1. The number of rotatable bonds is 8. The van der Waals surface area contributed by atoms with E-state index in [0.29, 0.717) is 13.1 Å². The molecule has 108 valence electrons. The molecule has 0 bridgehead atoms. The van der Waals surface area contributed by atoms with Crippen molar-refractivity contribution < 1.29 is 13.2 Å². The van der Waals surface area contributed by atoms with Gasteiger partial charge in [0.2, 0.25) is 10.0 Å². The van der Waals surface area contributed by atoms with Gasteiger partial charge in [0.15, 0.2) is 0 Å². The molecule has 0 unspecified atom stereocenters. The van der Waals surface area contributed by atoms with Gasteiger partial charge in [0.05, 0.1) is 12.9 Å². The molecule has 0 fully saturated rings. The molecule has 0 aliphatic carbocycles. The zero-order chi connectivity index (χ0) is 14.3. The number of nitrogens with one attached hydrogen (secondary N) is 1. The molecule has 0 aliphatic heterocycles. The lowest BCUT2D eigenvalue weighted by Gasteiger charge is -2.17. The molecule has 0 saturated carbocycles. The molecule has 0 amide bonds. The topological polar surface area (TPSA) is 58.6 Å². The number of hydrogen-bond acceptors (Lipinski definition) is 4. The van der Waals surface area contributed by atoms with Crippen LogP contribution >= 0.6 is 0 Å². The van der Waals surface area contributed by atoms with Gasteiger partial charge in [-0.2, -0.15) is 0 Å². The summed E-state index contributed by atoms with van der Waals surface area (Å²) >= 11 is 0. The highest BCUT2D eigenvalue weighted by Gasteiger charge is 2.06. The second-order valence-electron chi connectivity index (χ2n) is 4.38. The average Bonchev–Trinajstić information content (AvgIpc) is 2.39. The van der Waals surface area contributed by atoms with E-state index in [1.165, 1.54) is 5.56 Å². The molecular weight excluding hydrogens is 264 g/mol. The molecule has 1 rings (SSSR count). The molecule has 19 heavy (non-hydrogen) atoms. The van der Waals surface area contributed by atoms with Crippen LogP contribution in [-0.2, 0) is 16.6 Å². The van der Waals surface area contributed by atoms with Gasteiger partial charge in [-0.05, 0) is 31.7 Å². The summed E-state index contributed by atoms with van der Waals surface area (Å²) in [4.78, 5) is 2.07. The van der Waals surface area contributed by atoms with Crippen LogP contribution in [0.15, 0.2) is 24.3 Å². The van der Waals surface area contributed by atoms with E-state index in [1.807, 2.05) is 31.3 Å². The van der Waals surface area contributed by atoms with Crippen LogP contribution in [0, 0.1) is 0 Å². The minimum Gasteiger partial charge on any atom is -0.497 e. The Kier molecular flexibility index (Phi) is 6.27. The van der Waals surface area contributed by atoms with E-state index in [0.717, 1.165) is 12.3 Å². The predicted octanol–water partition coefficient (Wildman–Crippen LogP) is 1.07. The third kappa shape index (κ3) is 6.04. The minimum absolute atomic E-state index is 0.120. The Morgan fingerprint density at radius 1 is 1.26 bits per heavy atom.